The van der Waals surface area contributed by atoms with Gasteiger partial charge in [-0.2, -0.15) is 0 Å². The zero-order chi connectivity index (χ0) is 11.7. The zero-order valence-electron chi connectivity index (χ0n) is 10.5. The number of halogens is 1. The van der Waals surface area contributed by atoms with Crippen molar-refractivity contribution in [3.8, 4) is 0 Å². The highest BCUT2D eigenvalue weighted by Gasteiger charge is 2.14. The smallest absolute Gasteiger partial charge is 0.0833 e. The highest BCUT2D eigenvalue weighted by Crippen LogP contribution is 2.38. The van der Waals surface area contributed by atoms with Crippen LogP contribution in [0.1, 0.15) is 51.9 Å². The molecule has 0 aromatic heterocycles. The molecule has 3 heteroatoms. The molecule has 92 valence electrons. The summed E-state index contributed by atoms with van der Waals surface area (Å²) >= 11 is 6.13. The average molecular weight is 253 g/mol. The number of alkyl halides is 1. The summed E-state index contributed by atoms with van der Waals surface area (Å²) in [6.07, 6.45) is 9.52. The van der Waals surface area contributed by atoms with E-state index < -0.39 is 7.14 Å². The molecular formula is C12H26ClOP. The van der Waals surface area contributed by atoms with Crippen molar-refractivity contribution in [2.75, 3.05) is 19.5 Å². The second-order valence-corrected chi connectivity index (χ2v) is 9.04. The summed E-state index contributed by atoms with van der Waals surface area (Å²) < 4.78 is 11.5. The average Bonchev–Trinajstić information content (AvgIpc) is 2.08. The van der Waals surface area contributed by atoms with Crippen LogP contribution in [0.5, 0.6) is 0 Å². The fraction of sp³-hybridized carbons (Fsp3) is 1.00. The van der Waals surface area contributed by atoms with Gasteiger partial charge in [0, 0.05) is 11.5 Å². The quantitative estimate of drug-likeness (QED) is 0.322. The van der Waals surface area contributed by atoms with Gasteiger partial charge in [0.05, 0.1) is 7.14 Å². The molecule has 0 aromatic carbocycles. The largest absolute Gasteiger partial charge is 0.324 e. The Balaban J connectivity index is 3.32. The Hall–Kier alpha value is 0.520. The molecule has 0 saturated heterocycles. The van der Waals surface area contributed by atoms with E-state index >= 15 is 0 Å². The molecule has 0 N–H and O–H groups in total. The van der Waals surface area contributed by atoms with Crippen molar-refractivity contribution in [2.24, 2.45) is 0 Å². The van der Waals surface area contributed by atoms with Crippen LogP contribution in [0.3, 0.4) is 0 Å². The van der Waals surface area contributed by atoms with Crippen molar-refractivity contribution >= 4 is 18.7 Å². The van der Waals surface area contributed by atoms with Crippen LogP contribution in [0, 0.1) is 0 Å². The highest BCUT2D eigenvalue weighted by molar-refractivity contribution is 7.62. The van der Waals surface area contributed by atoms with Gasteiger partial charge in [0.1, 0.15) is 0 Å². The van der Waals surface area contributed by atoms with Gasteiger partial charge in [-0.15, -0.1) is 11.6 Å². The second-order valence-electron chi connectivity index (χ2n) is 4.91. The summed E-state index contributed by atoms with van der Waals surface area (Å²) in [5, 5.41) is 0.122. The fourth-order valence-electron chi connectivity index (χ4n) is 1.71. The van der Waals surface area contributed by atoms with E-state index in [2.05, 4.69) is 6.92 Å². The van der Waals surface area contributed by atoms with Gasteiger partial charge in [-0.05, 0) is 19.8 Å². The van der Waals surface area contributed by atoms with Gasteiger partial charge in [-0.1, -0.05) is 45.4 Å². The van der Waals surface area contributed by atoms with Crippen molar-refractivity contribution in [1.82, 2.24) is 0 Å². The predicted octanol–water partition coefficient (Wildman–Crippen LogP) is 4.97. The van der Waals surface area contributed by atoms with Crippen molar-refractivity contribution in [2.45, 2.75) is 57.2 Å². The van der Waals surface area contributed by atoms with E-state index in [1.54, 1.807) is 0 Å². The lowest BCUT2D eigenvalue weighted by atomic mass is 10.1. The van der Waals surface area contributed by atoms with Crippen LogP contribution in [0.4, 0.5) is 0 Å². The van der Waals surface area contributed by atoms with E-state index in [0.29, 0.717) is 6.16 Å². The van der Waals surface area contributed by atoms with Crippen LogP contribution in [0.15, 0.2) is 0 Å². The molecule has 0 spiro atoms. The van der Waals surface area contributed by atoms with E-state index in [4.69, 9.17) is 11.6 Å². The lowest BCUT2D eigenvalue weighted by molar-refractivity contribution is 0.570. The molecule has 0 heterocycles. The molecule has 0 bridgehead atoms. The highest BCUT2D eigenvalue weighted by atomic mass is 35.5. The number of hydrogen-bond acceptors (Lipinski definition) is 1. The zero-order valence-corrected chi connectivity index (χ0v) is 12.1. The summed E-state index contributed by atoms with van der Waals surface area (Å²) in [5.74, 6) is 0. The van der Waals surface area contributed by atoms with Crippen LogP contribution < -0.4 is 0 Å². The summed E-state index contributed by atoms with van der Waals surface area (Å²) in [6.45, 7) is 5.88. The molecule has 1 nitrogen and oxygen atoms in total. The first-order valence-corrected chi connectivity index (χ1v) is 9.36. The fourth-order valence-corrected chi connectivity index (χ4v) is 4.00. The third-order valence-corrected chi connectivity index (χ3v) is 4.42. The van der Waals surface area contributed by atoms with E-state index in [1.165, 1.54) is 38.5 Å². The van der Waals surface area contributed by atoms with Gasteiger partial charge in [-0.3, -0.25) is 0 Å². The monoisotopic (exact) mass is 252 g/mol. The maximum atomic E-state index is 11.5. The van der Waals surface area contributed by atoms with Crippen molar-refractivity contribution in [3.63, 3.8) is 0 Å². The normalized spacial score (nSPS) is 14.1. The number of rotatable bonds is 9. The van der Waals surface area contributed by atoms with Gasteiger partial charge in [0.15, 0.2) is 0 Å². The van der Waals surface area contributed by atoms with Crippen LogP contribution in [-0.4, -0.2) is 24.9 Å². The predicted molar refractivity (Wildman–Crippen MR) is 72.0 cm³/mol. The van der Waals surface area contributed by atoms with Crippen LogP contribution in [-0.2, 0) is 4.57 Å². The molecule has 0 amide bonds. The molecule has 15 heavy (non-hydrogen) atoms. The Morgan fingerprint density at radius 1 is 1.07 bits per heavy atom. The van der Waals surface area contributed by atoms with Crippen molar-refractivity contribution in [1.29, 1.82) is 0 Å². The minimum Gasteiger partial charge on any atom is -0.324 e. The molecule has 1 unspecified atom stereocenters. The minimum absolute atomic E-state index is 0.122. The van der Waals surface area contributed by atoms with Gasteiger partial charge in [-0.25, -0.2) is 0 Å². The Bertz CT molecular complexity index is 188. The van der Waals surface area contributed by atoms with E-state index in [0.717, 1.165) is 6.42 Å². The maximum Gasteiger partial charge on any atom is 0.0833 e. The standard InChI is InChI=1S/C12H26ClOP/c1-4-5-6-7-8-9-10-12(13)11-15(2,3)14/h12H,4-11H2,1-3H3. The first kappa shape index (κ1) is 15.5. The molecule has 0 aliphatic rings. The first-order valence-electron chi connectivity index (χ1n) is 6.14. The Morgan fingerprint density at radius 3 is 2.13 bits per heavy atom. The van der Waals surface area contributed by atoms with Gasteiger partial charge < -0.3 is 4.57 Å². The molecule has 0 saturated carbocycles. The molecule has 1 atom stereocenters. The van der Waals surface area contributed by atoms with Crippen LogP contribution in [0.25, 0.3) is 0 Å². The van der Waals surface area contributed by atoms with Gasteiger partial charge in [0.25, 0.3) is 0 Å². The van der Waals surface area contributed by atoms with Gasteiger partial charge >= 0.3 is 0 Å². The Labute approximate surface area is 100 Å². The molecule has 0 aromatic rings. The van der Waals surface area contributed by atoms with Crippen molar-refractivity contribution in [3.05, 3.63) is 0 Å². The Kier molecular flexibility index (Phi) is 8.95. The summed E-state index contributed by atoms with van der Waals surface area (Å²) in [6, 6.07) is 0. The van der Waals surface area contributed by atoms with E-state index in [-0.39, 0.29) is 5.38 Å². The molecule has 0 rings (SSSR count). The number of unbranched alkanes of at least 4 members (excludes halogenated alkanes) is 5. The van der Waals surface area contributed by atoms with Crippen molar-refractivity contribution < 1.29 is 4.57 Å². The van der Waals surface area contributed by atoms with Crippen LogP contribution in [0.2, 0.25) is 0 Å². The molecule has 0 radical (unpaired) electrons. The lowest BCUT2D eigenvalue weighted by Gasteiger charge is -2.12. The third kappa shape index (κ3) is 12.5. The molecule has 0 aliphatic heterocycles. The summed E-state index contributed by atoms with van der Waals surface area (Å²) in [4.78, 5) is 0. The summed E-state index contributed by atoms with van der Waals surface area (Å²) in [7, 11) is -1.92. The van der Waals surface area contributed by atoms with Crippen LogP contribution >= 0.6 is 18.7 Å². The SMILES string of the molecule is CCCCCCCCC(Cl)CP(C)(C)=O. The minimum atomic E-state index is -1.92. The topological polar surface area (TPSA) is 17.1 Å². The van der Waals surface area contributed by atoms with E-state index in [1.807, 2.05) is 13.3 Å². The second kappa shape index (κ2) is 8.65. The Morgan fingerprint density at radius 2 is 1.60 bits per heavy atom. The molecular weight excluding hydrogens is 227 g/mol. The van der Waals surface area contributed by atoms with Gasteiger partial charge in [0.2, 0.25) is 0 Å². The third-order valence-electron chi connectivity index (χ3n) is 2.51. The molecule has 0 fully saturated rings. The van der Waals surface area contributed by atoms with E-state index in [9.17, 15) is 4.57 Å². The summed E-state index contributed by atoms with van der Waals surface area (Å²) in [5.41, 5.74) is 0. The first-order chi connectivity index (χ1) is 6.95. The number of hydrogen-bond donors (Lipinski definition) is 0. The lowest BCUT2D eigenvalue weighted by Crippen LogP contribution is -2.05. The molecule has 0 aliphatic carbocycles. The maximum absolute atomic E-state index is 11.5.